The second-order valence-electron chi connectivity index (χ2n) is 5.98. The topological polar surface area (TPSA) is 107 Å². The summed E-state index contributed by atoms with van der Waals surface area (Å²) < 4.78 is 25.2. The van der Waals surface area contributed by atoms with E-state index in [0.717, 1.165) is 25.5 Å². The van der Waals surface area contributed by atoms with Gasteiger partial charge in [-0.1, -0.05) is 12.5 Å². The molecule has 2 unspecified atom stereocenters. The van der Waals surface area contributed by atoms with Crippen molar-refractivity contribution in [3.63, 3.8) is 0 Å². The largest absolute Gasteiger partial charge is 0.348 e. The van der Waals surface area contributed by atoms with E-state index in [-0.39, 0.29) is 28.7 Å². The van der Waals surface area contributed by atoms with E-state index in [2.05, 4.69) is 10.3 Å². The number of carbonyl (C=O) groups excluding carboxylic acids is 1. The van der Waals surface area contributed by atoms with E-state index in [1.54, 1.807) is 24.4 Å². The van der Waals surface area contributed by atoms with Crippen molar-refractivity contribution in [3.05, 3.63) is 30.1 Å². The van der Waals surface area contributed by atoms with Crippen LogP contribution in [0.2, 0.25) is 0 Å². The Bertz CT molecular complexity index is 844. The van der Waals surface area contributed by atoms with E-state index in [1.165, 1.54) is 4.40 Å². The van der Waals surface area contributed by atoms with E-state index in [1.807, 2.05) is 0 Å². The maximum Gasteiger partial charge on any atom is 0.272 e. The van der Waals surface area contributed by atoms with E-state index in [9.17, 15) is 13.2 Å². The number of aromatic nitrogens is 2. The van der Waals surface area contributed by atoms with Crippen LogP contribution in [0.25, 0.3) is 5.52 Å². The highest BCUT2D eigenvalue weighted by molar-refractivity contribution is 7.90. The van der Waals surface area contributed by atoms with Gasteiger partial charge in [-0.15, -0.1) is 0 Å². The van der Waals surface area contributed by atoms with Crippen molar-refractivity contribution in [3.8, 4) is 0 Å². The van der Waals surface area contributed by atoms with Gasteiger partial charge < -0.3 is 11.1 Å². The number of rotatable bonds is 4. The zero-order valence-electron chi connectivity index (χ0n) is 12.9. The van der Waals surface area contributed by atoms with Crippen LogP contribution in [0, 0.1) is 5.92 Å². The summed E-state index contributed by atoms with van der Waals surface area (Å²) in [7, 11) is -3.53. The molecule has 0 aliphatic heterocycles. The van der Waals surface area contributed by atoms with Crippen molar-refractivity contribution in [2.24, 2.45) is 11.7 Å². The van der Waals surface area contributed by atoms with Gasteiger partial charge in [-0.25, -0.2) is 13.4 Å². The summed E-state index contributed by atoms with van der Waals surface area (Å²) in [5.41, 5.74) is 6.35. The molecule has 23 heavy (non-hydrogen) atoms. The molecule has 0 aromatic carbocycles. The minimum Gasteiger partial charge on any atom is -0.348 e. The molecule has 0 saturated heterocycles. The smallest absolute Gasteiger partial charge is 0.272 e. The van der Waals surface area contributed by atoms with Crippen LogP contribution in [0.3, 0.4) is 0 Å². The molecule has 0 bridgehead atoms. The number of nitrogens with zero attached hydrogens (tertiary/aromatic N) is 2. The quantitative estimate of drug-likeness (QED) is 0.850. The van der Waals surface area contributed by atoms with Gasteiger partial charge in [0.1, 0.15) is 0 Å². The summed E-state index contributed by atoms with van der Waals surface area (Å²) in [5.74, 6) is -0.0869. The molecule has 1 amide bonds. The standard InChI is InChI=1S/C15H20N4O3S/c1-23(21,22)15-18-13(12-7-2-3-8-19(12)15)14(20)17-11-6-4-5-10(11)9-16/h2-3,7-8,10-11H,4-6,9,16H2,1H3,(H,17,20). The van der Waals surface area contributed by atoms with Gasteiger partial charge >= 0.3 is 0 Å². The Kier molecular flexibility index (Phi) is 4.11. The molecule has 2 heterocycles. The Balaban J connectivity index is 1.98. The average molecular weight is 336 g/mol. The van der Waals surface area contributed by atoms with Gasteiger partial charge in [-0.3, -0.25) is 9.20 Å². The summed E-state index contributed by atoms with van der Waals surface area (Å²) in [6, 6.07) is 5.16. The molecule has 1 saturated carbocycles. The molecule has 2 atom stereocenters. The van der Waals surface area contributed by atoms with Gasteiger partial charge in [0.25, 0.3) is 5.91 Å². The molecule has 8 heteroatoms. The lowest BCUT2D eigenvalue weighted by Gasteiger charge is -2.18. The molecule has 0 radical (unpaired) electrons. The molecule has 7 nitrogen and oxygen atoms in total. The number of nitrogens with two attached hydrogens (primary N) is 1. The number of pyridine rings is 1. The van der Waals surface area contributed by atoms with Crippen molar-refractivity contribution in [2.45, 2.75) is 30.5 Å². The fraction of sp³-hybridized carbons (Fsp3) is 0.467. The highest BCUT2D eigenvalue weighted by Crippen LogP contribution is 2.25. The normalized spacial score (nSPS) is 21.7. The average Bonchev–Trinajstić information content (AvgIpc) is 3.10. The van der Waals surface area contributed by atoms with Crippen molar-refractivity contribution in [1.82, 2.24) is 14.7 Å². The Hall–Kier alpha value is -1.93. The van der Waals surface area contributed by atoms with Gasteiger partial charge in [0, 0.05) is 18.5 Å². The van der Waals surface area contributed by atoms with Crippen LogP contribution < -0.4 is 11.1 Å². The summed E-state index contributed by atoms with van der Waals surface area (Å²) in [4.78, 5) is 16.7. The predicted molar refractivity (Wildman–Crippen MR) is 86.0 cm³/mol. The summed E-state index contributed by atoms with van der Waals surface area (Å²) in [6.45, 7) is 0.531. The van der Waals surface area contributed by atoms with Crippen LogP contribution in [0.15, 0.2) is 29.6 Å². The first kappa shape index (κ1) is 15.9. The third-order valence-corrected chi connectivity index (χ3v) is 5.29. The fourth-order valence-electron chi connectivity index (χ4n) is 3.18. The number of hydrogen-bond acceptors (Lipinski definition) is 5. The van der Waals surface area contributed by atoms with E-state index in [0.29, 0.717) is 12.1 Å². The second-order valence-corrected chi connectivity index (χ2v) is 7.89. The minimum absolute atomic E-state index is 0.0228. The molecule has 1 aliphatic carbocycles. The van der Waals surface area contributed by atoms with Crippen molar-refractivity contribution in [1.29, 1.82) is 0 Å². The zero-order chi connectivity index (χ0) is 16.6. The number of amides is 1. The van der Waals surface area contributed by atoms with Gasteiger partial charge in [-0.05, 0) is 37.4 Å². The maximum atomic E-state index is 12.6. The number of hydrogen-bond donors (Lipinski definition) is 2. The van der Waals surface area contributed by atoms with Crippen molar-refractivity contribution in [2.75, 3.05) is 12.8 Å². The fourth-order valence-corrected chi connectivity index (χ4v) is 3.96. The van der Waals surface area contributed by atoms with Crippen LogP contribution in [0.5, 0.6) is 0 Å². The molecular weight excluding hydrogens is 316 g/mol. The molecule has 3 rings (SSSR count). The monoisotopic (exact) mass is 336 g/mol. The zero-order valence-corrected chi connectivity index (χ0v) is 13.7. The Morgan fingerprint density at radius 3 is 2.91 bits per heavy atom. The maximum absolute atomic E-state index is 12.6. The van der Waals surface area contributed by atoms with Crippen LogP contribution in [0.1, 0.15) is 29.8 Å². The lowest BCUT2D eigenvalue weighted by molar-refractivity contribution is 0.0925. The van der Waals surface area contributed by atoms with Crippen LogP contribution in [-0.2, 0) is 9.84 Å². The van der Waals surface area contributed by atoms with Gasteiger partial charge in [0.15, 0.2) is 5.69 Å². The SMILES string of the molecule is CS(=O)(=O)c1nc(C(=O)NC2CCCC2CN)c2ccccn12. The van der Waals surface area contributed by atoms with Crippen molar-refractivity contribution < 1.29 is 13.2 Å². The molecule has 124 valence electrons. The number of imidazole rings is 1. The number of sulfone groups is 1. The van der Waals surface area contributed by atoms with Crippen LogP contribution >= 0.6 is 0 Å². The highest BCUT2D eigenvalue weighted by Gasteiger charge is 2.30. The lowest BCUT2D eigenvalue weighted by Crippen LogP contribution is -2.40. The van der Waals surface area contributed by atoms with Crippen molar-refractivity contribution >= 4 is 21.3 Å². The van der Waals surface area contributed by atoms with E-state index >= 15 is 0 Å². The predicted octanol–water partition coefficient (Wildman–Crippen LogP) is 0.595. The molecule has 1 fully saturated rings. The second kappa shape index (κ2) is 5.93. The molecule has 0 spiro atoms. The third-order valence-electron chi connectivity index (χ3n) is 4.34. The van der Waals surface area contributed by atoms with Gasteiger partial charge in [-0.2, -0.15) is 0 Å². The summed E-state index contributed by atoms with van der Waals surface area (Å²) >= 11 is 0. The number of carbonyl (C=O) groups is 1. The first-order valence-electron chi connectivity index (χ1n) is 7.60. The highest BCUT2D eigenvalue weighted by atomic mass is 32.2. The summed E-state index contributed by atoms with van der Waals surface area (Å²) in [5, 5.41) is 2.84. The van der Waals surface area contributed by atoms with Crippen LogP contribution in [-0.4, -0.2) is 42.6 Å². The van der Waals surface area contributed by atoms with E-state index in [4.69, 9.17) is 5.73 Å². The number of nitrogens with one attached hydrogen (secondary N) is 1. The lowest BCUT2D eigenvalue weighted by atomic mass is 10.0. The molecule has 2 aromatic heterocycles. The molecular formula is C15H20N4O3S. The number of fused-ring (bicyclic) bond motifs is 1. The molecule has 3 N–H and O–H groups in total. The minimum atomic E-state index is -3.53. The Morgan fingerprint density at radius 1 is 1.43 bits per heavy atom. The molecule has 2 aromatic rings. The summed E-state index contributed by atoms with van der Waals surface area (Å²) in [6.07, 6.45) is 5.59. The first-order chi connectivity index (χ1) is 10.9. The van der Waals surface area contributed by atoms with Gasteiger partial charge in [0.2, 0.25) is 15.0 Å². The van der Waals surface area contributed by atoms with Crippen LogP contribution in [0.4, 0.5) is 0 Å². The van der Waals surface area contributed by atoms with Gasteiger partial charge in [0.05, 0.1) is 5.52 Å². The third kappa shape index (κ3) is 2.96. The van der Waals surface area contributed by atoms with E-state index < -0.39 is 9.84 Å². The Morgan fingerprint density at radius 2 is 2.22 bits per heavy atom. The molecule has 1 aliphatic rings. The first-order valence-corrected chi connectivity index (χ1v) is 9.49. The Labute approximate surface area is 134 Å².